The summed E-state index contributed by atoms with van der Waals surface area (Å²) in [5, 5.41) is 6.86. The molecule has 1 heterocycles. The lowest BCUT2D eigenvalue weighted by Gasteiger charge is -2.22. The van der Waals surface area contributed by atoms with Crippen LogP contribution in [0.25, 0.3) is 0 Å². The topological polar surface area (TPSA) is 33.3 Å². The van der Waals surface area contributed by atoms with E-state index in [9.17, 15) is 0 Å². The molecule has 0 spiro atoms. The van der Waals surface area contributed by atoms with E-state index < -0.39 is 0 Å². The van der Waals surface area contributed by atoms with E-state index in [0.717, 1.165) is 31.7 Å². The number of rotatable bonds is 5. The Bertz CT molecular complexity index is 390. The van der Waals surface area contributed by atoms with Gasteiger partial charge in [0.15, 0.2) is 0 Å². The molecule has 0 saturated heterocycles. The van der Waals surface area contributed by atoms with Crippen LogP contribution in [0.1, 0.15) is 37.4 Å². The van der Waals surface area contributed by atoms with E-state index >= 15 is 0 Å². The first-order chi connectivity index (χ1) is 8.70. The molecule has 1 atom stereocenters. The second-order valence-corrected chi connectivity index (χ2v) is 5.22. The van der Waals surface area contributed by atoms with Gasteiger partial charge in [-0.1, -0.05) is 26.0 Å². The number of ether oxygens (including phenoxy) is 1. The normalized spacial score (nSPS) is 16.2. The maximum absolute atomic E-state index is 5.65. The van der Waals surface area contributed by atoms with Gasteiger partial charge < -0.3 is 15.4 Å². The quantitative estimate of drug-likeness (QED) is 0.838. The van der Waals surface area contributed by atoms with E-state index in [-0.39, 0.29) is 0 Å². The van der Waals surface area contributed by atoms with Crippen LogP contribution in [0.15, 0.2) is 18.2 Å². The Morgan fingerprint density at radius 1 is 1.33 bits per heavy atom. The van der Waals surface area contributed by atoms with Gasteiger partial charge in [0.05, 0.1) is 6.61 Å². The summed E-state index contributed by atoms with van der Waals surface area (Å²) >= 11 is 0. The lowest BCUT2D eigenvalue weighted by Crippen LogP contribution is -2.33. The van der Waals surface area contributed by atoms with Gasteiger partial charge in [-0.25, -0.2) is 0 Å². The summed E-state index contributed by atoms with van der Waals surface area (Å²) in [5.74, 6) is 1.07. The third kappa shape index (κ3) is 3.24. The number of benzene rings is 1. The minimum Gasteiger partial charge on any atom is -0.493 e. The van der Waals surface area contributed by atoms with Crippen LogP contribution in [0.2, 0.25) is 0 Å². The zero-order valence-corrected chi connectivity index (χ0v) is 11.6. The highest BCUT2D eigenvalue weighted by Crippen LogP contribution is 2.27. The van der Waals surface area contributed by atoms with Crippen molar-refractivity contribution in [2.45, 2.75) is 38.8 Å². The number of hydrogen-bond acceptors (Lipinski definition) is 3. The van der Waals surface area contributed by atoms with Gasteiger partial charge in [-0.3, -0.25) is 0 Å². The Balaban J connectivity index is 2.10. The molecule has 1 aliphatic rings. The first kappa shape index (κ1) is 13.4. The fourth-order valence-corrected chi connectivity index (χ4v) is 2.34. The third-order valence-corrected chi connectivity index (χ3v) is 3.41. The van der Waals surface area contributed by atoms with Crippen LogP contribution in [0, 0.1) is 0 Å². The van der Waals surface area contributed by atoms with Gasteiger partial charge >= 0.3 is 0 Å². The van der Waals surface area contributed by atoms with Crippen LogP contribution >= 0.6 is 0 Å². The number of nitrogens with one attached hydrogen (secondary N) is 2. The Hall–Kier alpha value is -1.06. The molecular formula is C15H24N2O. The van der Waals surface area contributed by atoms with Crippen LogP contribution in [0.5, 0.6) is 5.75 Å². The highest BCUT2D eigenvalue weighted by Gasteiger charge is 2.15. The number of likely N-dealkylation sites (N-methyl/N-ethyl adjacent to an activating group) is 1. The van der Waals surface area contributed by atoms with Crippen molar-refractivity contribution in [2.75, 3.05) is 20.2 Å². The average Bonchev–Trinajstić information content (AvgIpc) is 2.39. The van der Waals surface area contributed by atoms with Gasteiger partial charge in [-0.15, -0.1) is 0 Å². The van der Waals surface area contributed by atoms with Crippen molar-refractivity contribution < 1.29 is 4.74 Å². The molecule has 18 heavy (non-hydrogen) atoms. The molecule has 2 N–H and O–H groups in total. The summed E-state index contributed by atoms with van der Waals surface area (Å²) in [6.07, 6.45) is 2.27. The van der Waals surface area contributed by atoms with Crippen molar-refractivity contribution in [2.24, 2.45) is 0 Å². The Kier molecular flexibility index (Phi) is 4.61. The lowest BCUT2D eigenvalue weighted by molar-refractivity contribution is 0.288. The molecule has 0 amide bonds. The molecule has 0 bridgehead atoms. The average molecular weight is 248 g/mol. The van der Waals surface area contributed by atoms with Crippen molar-refractivity contribution in [3.63, 3.8) is 0 Å². The SMILES string of the molecule is CNC(CNC(C)C)c1ccc2c(c1)CCCO2. The van der Waals surface area contributed by atoms with E-state index in [4.69, 9.17) is 4.74 Å². The summed E-state index contributed by atoms with van der Waals surface area (Å²) in [5.41, 5.74) is 2.69. The van der Waals surface area contributed by atoms with Crippen molar-refractivity contribution in [1.82, 2.24) is 10.6 Å². The van der Waals surface area contributed by atoms with Crippen molar-refractivity contribution in [3.05, 3.63) is 29.3 Å². The largest absolute Gasteiger partial charge is 0.493 e. The predicted octanol–water partition coefficient (Wildman–Crippen LogP) is 2.27. The van der Waals surface area contributed by atoms with E-state index in [0.29, 0.717) is 12.1 Å². The monoisotopic (exact) mass is 248 g/mol. The molecule has 2 rings (SSSR count). The molecule has 1 aromatic rings. The maximum atomic E-state index is 5.65. The summed E-state index contributed by atoms with van der Waals surface area (Å²) < 4.78 is 5.65. The fourth-order valence-electron chi connectivity index (χ4n) is 2.34. The number of hydrogen-bond donors (Lipinski definition) is 2. The van der Waals surface area contributed by atoms with Crippen LogP contribution in [-0.2, 0) is 6.42 Å². The van der Waals surface area contributed by atoms with Crippen molar-refractivity contribution in [3.8, 4) is 5.75 Å². The third-order valence-electron chi connectivity index (χ3n) is 3.41. The summed E-state index contributed by atoms with van der Waals surface area (Å²) in [6, 6.07) is 7.45. The molecule has 0 fully saturated rings. The predicted molar refractivity (Wildman–Crippen MR) is 75.2 cm³/mol. The molecule has 1 aromatic carbocycles. The molecule has 0 radical (unpaired) electrons. The minimum absolute atomic E-state index is 0.361. The fraction of sp³-hybridized carbons (Fsp3) is 0.600. The second-order valence-electron chi connectivity index (χ2n) is 5.22. The van der Waals surface area contributed by atoms with Crippen LogP contribution in [0.3, 0.4) is 0 Å². The van der Waals surface area contributed by atoms with Gasteiger partial charge in [-0.05, 0) is 37.1 Å². The molecule has 3 heteroatoms. The van der Waals surface area contributed by atoms with E-state index in [1.54, 1.807) is 0 Å². The first-order valence-corrected chi connectivity index (χ1v) is 6.87. The Labute approximate surface area is 110 Å². The zero-order chi connectivity index (χ0) is 13.0. The van der Waals surface area contributed by atoms with E-state index in [1.165, 1.54) is 11.1 Å². The number of aryl methyl sites for hydroxylation is 1. The minimum atomic E-state index is 0.361. The van der Waals surface area contributed by atoms with Crippen molar-refractivity contribution >= 4 is 0 Å². The standard InChI is InChI=1S/C15H24N2O/c1-11(2)17-10-14(16-3)12-6-7-15-13(9-12)5-4-8-18-15/h6-7,9,11,14,16-17H,4-5,8,10H2,1-3H3. The molecule has 1 aliphatic heterocycles. The van der Waals surface area contributed by atoms with Crippen LogP contribution in [-0.4, -0.2) is 26.2 Å². The molecule has 0 aromatic heterocycles. The van der Waals surface area contributed by atoms with E-state index in [1.807, 2.05) is 7.05 Å². The van der Waals surface area contributed by atoms with Gasteiger partial charge in [0.1, 0.15) is 5.75 Å². The Morgan fingerprint density at radius 3 is 2.89 bits per heavy atom. The Morgan fingerprint density at radius 2 is 2.17 bits per heavy atom. The first-order valence-electron chi connectivity index (χ1n) is 6.87. The van der Waals surface area contributed by atoms with Gasteiger partial charge in [0, 0.05) is 18.6 Å². The second kappa shape index (κ2) is 6.21. The lowest BCUT2D eigenvalue weighted by atomic mass is 9.99. The van der Waals surface area contributed by atoms with Gasteiger partial charge in [-0.2, -0.15) is 0 Å². The van der Waals surface area contributed by atoms with Crippen molar-refractivity contribution in [1.29, 1.82) is 0 Å². The maximum Gasteiger partial charge on any atom is 0.122 e. The highest BCUT2D eigenvalue weighted by atomic mass is 16.5. The van der Waals surface area contributed by atoms with E-state index in [2.05, 4.69) is 42.7 Å². The van der Waals surface area contributed by atoms with Gasteiger partial charge in [0.2, 0.25) is 0 Å². The zero-order valence-electron chi connectivity index (χ0n) is 11.6. The molecular weight excluding hydrogens is 224 g/mol. The highest BCUT2D eigenvalue weighted by molar-refractivity contribution is 5.39. The summed E-state index contributed by atoms with van der Waals surface area (Å²) in [7, 11) is 2.02. The van der Waals surface area contributed by atoms with Crippen LogP contribution < -0.4 is 15.4 Å². The molecule has 0 saturated carbocycles. The van der Waals surface area contributed by atoms with Crippen LogP contribution in [0.4, 0.5) is 0 Å². The number of fused-ring (bicyclic) bond motifs is 1. The molecule has 1 unspecified atom stereocenters. The molecule has 0 aliphatic carbocycles. The molecule has 3 nitrogen and oxygen atoms in total. The smallest absolute Gasteiger partial charge is 0.122 e. The summed E-state index contributed by atoms with van der Waals surface area (Å²) in [6.45, 7) is 6.16. The summed E-state index contributed by atoms with van der Waals surface area (Å²) in [4.78, 5) is 0. The van der Waals surface area contributed by atoms with Gasteiger partial charge in [0.25, 0.3) is 0 Å². The molecule has 100 valence electrons.